The van der Waals surface area contributed by atoms with Crippen LogP contribution >= 0.6 is 0 Å². The highest BCUT2D eigenvalue weighted by molar-refractivity contribution is 5.91. The first-order valence-electron chi connectivity index (χ1n) is 8.48. The van der Waals surface area contributed by atoms with E-state index in [0.29, 0.717) is 17.0 Å². The minimum atomic E-state index is -0.390. The van der Waals surface area contributed by atoms with Crippen LogP contribution in [0.4, 0.5) is 4.39 Å². The average molecular weight is 376 g/mol. The topological polar surface area (TPSA) is 79.9 Å². The van der Waals surface area contributed by atoms with E-state index in [9.17, 15) is 9.18 Å². The van der Waals surface area contributed by atoms with Crippen molar-refractivity contribution in [3.63, 3.8) is 0 Å². The van der Waals surface area contributed by atoms with Gasteiger partial charge in [-0.25, -0.2) is 9.37 Å². The molecule has 0 atom stereocenters. The Morgan fingerprint density at radius 3 is 2.79 bits per heavy atom. The Bertz CT molecular complexity index is 1010. The first kappa shape index (κ1) is 18.9. The zero-order valence-corrected chi connectivity index (χ0v) is 14.9. The summed E-state index contributed by atoms with van der Waals surface area (Å²) in [5.41, 5.74) is 1.87. The number of nitriles is 1. The maximum absolute atomic E-state index is 14.2. The number of aromatic nitrogens is 2. The van der Waals surface area contributed by atoms with E-state index in [0.717, 1.165) is 5.56 Å². The Hall–Kier alpha value is -3.92. The van der Waals surface area contributed by atoms with E-state index in [1.54, 1.807) is 59.4 Å². The molecule has 2 aromatic carbocycles. The number of amides is 1. The number of carbonyl (C=O) groups excluding carboxylic acids is 1. The number of nitrogens with zero attached hydrogens (tertiary/aromatic N) is 3. The van der Waals surface area contributed by atoms with Crippen molar-refractivity contribution < 1.29 is 13.9 Å². The third-order valence-electron chi connectivity index (χ3n) is 3.87. The molecule has 0 saturated carbocycles. The molecule has 1 amide bonds. The Morgan fingerprint density at radius 1 is 1.29 bits per heavy atom. The van der Waals surface area contributed by atoms with E-state index in [4.69, 9.17) is 10.00 Å². The van der Waals surface area contributed by atoms with Gasteiger partial charge in [0.15, 0.2) is 6.61 Å². The second-order valence-electron chi connectivity index (χ2n) is 5.82. The number of nitrogens with one attached hydrogen (secondary N) is 1. The fourth-order valence-corrected chi connectivity index (χ4v) is 2.48. The normalized spacial score (nSPS) is 10.6. The molecule has 0 radical (unpaired) electrons. The van der Waals surface area contributed by atoms with Crippen LogP contribution in [0.25, 0.3) is 11.8 Å². The SMILES string of the molecule is N#CCOc1ccc(/C=C/C(=O)NCc2ccc(-n3ccnc3)c(F)c2)cc1. The van der Waals surface area contributed by atoms with Crippen LogP contribution in [0.3, 0.4) is 0 Å². The third-order valence-corrected chi connectivity index (χ3v) is 3.87. The molecule has 0 aliphatic heterocycles. The molecule has 140 valence electrons. The van der Waals surface area contributed by atoms with Gasteiger partial charge in [-0.05, 0) is 41.5 Å². The van der Waals surface area contributed by atoms with Crippen molar-refractivity contribution >= 4 is 12.0 Å². The summed E-state index contributed by atoms with van der Waals surface area (Å²) in [6.45, 7) is 0.201. The van der Waals surface area contributed by atoms with Crippen LogP contribution in [0, 0.1) is 17.1 Å². The monoisotopic (exact) mass is 376 g/mol. The fourth-order valence-electron chi connectivity index (χ4n) is 2.48. The number of hydrogen-bond donors (Lipinski definition) is 1. The van der Waals surface area contributed by atoms with E-state index in [1.807, 2.05) is 6.07 Å². The van der Waals surface area contributed by atoms with Crippen molar-refractivity contribution in [2.24, 2.45) is 0 Å². The highest BCUT2D eigenvalue weighted by Gasteiger charge is 2.06. The molecule has 0 spiro atoms. The molecular weight excluding hydrogens is 359 g/mol. The summed E-state index contributed by atoms with van der Waals surface area (Å²) < 4.78 is 21.0. The molecule has 0 bridgehead atoms. The highest BCUT2D eigenvalue weighted by atomic mass is 19.1. The second-order valence-corrected chi connectivity index (χ2v) is 5.82. The standard InChI is InChI=1S/C21H17FN4O2/c22-19-13-17(3-7-20(19)26-11-10-24-15-26)14-25-21(27)8-4-16-1-5-18(6-2-16)28-12-9-23/h1-8,10-11,13,15H,12,14H2,(H,25,27)/b8-4+. The van der Waals surface area contributed by atoms with Gasteiger partial charge in [-0.15, -0.1) is 0 Å². The molecule has 0 aliphatic rings. The molecule has 3 rings (SSSR count). The number of hydrogen-bond acceptors (Lipinski definition) is 4. The van der Waals surface area contributed by atoms with Crippen LogP contribution < -0.4 is 10.1 Å². The van der Waals surface area contributed by atoms with Gasteiger partial charge in [0.1, 0.15) is 17.6 Å². The number of imidazole rings is 1. The molecule has 0 fully saturated rings. The van der Waals surface area contributed by atoms with E-state index < -0.39 is 0 Å². The highest BCUT2D eigenvalue weighted by Crippen LogP contribution is 2.15. The van der Waals surface area contributed by atoms with Gasteiger partial charge in [0.2, 0.25) is 5.91 Å². The molecule has 7 heteroatoms. The number of halogens is 1. The van der Waals surface area contributed by atoms with E-state index in [2.05, 4.69) is 10.3 Å². The van der Waals surface area contributed by atoms with Crippen LogP contribution in [0.15, 0.2) is 67.3 Å². The maximum atomic E-state index is 14.2. The van der Waals surface area contributed by atoms with Crippen molar-refractivity contribution in [2.75, 3.05) is 6.61 Å². The fraction of sp³-hybridized carbons (Fsp3) is 0.0952. The first-order chi connectivity index (χ1) is 13.7. The molecule has 0 unspecified atom stereocenters. The molecule has 1 heterocycles. The lowest BCUT2D eigenvalue weighted by molar-refractivity contribution is -0.116. The lowest BCUT2D eigenvalue weighted by Gasteiger charge is -2.07. The molecule has 28 heavy (non-hydrogen) atoms. The summed E-state index contributed by atoms with van der Waals surface area (Å²) in [6, 6.07) is 13.7. The molecule has 0 saturated heterocycles. The van der Waals surface area contributed by atoms with Crippen LogP contribution in [0.2, 0.25) is 0 Å². The predicted molar refractivity (Wildman–Crippen MR) is 102 cm³/mol. The maximum Gasteiger partial charge on any atom is 0.244 e. The number of ether oxygens (including phenoxy) is 1. The van der Waals surface area contributed by atoms with Crippen molar-refractivity contribution in [3.05, 3.63) is 84.2 Å². The van der Waals surface area contributed by atoms with Gasteiger partial charge in [0.05, 0.1) is 12.0 Å². The van der Waals surface area contributed by atoms with Gasteiger partial charge in [-0.1, -0.05) is 18.2 Å². The summed E-state index contributed by atoms with van der Waals surface area (Å²) >= 11 is 0. The smallest absolute Gasteiger partial charge is 0.244 e. The zero-order chi connectivity index (χ0) is 19.8. The molecule has 3 aromatic rings. The average Bonchev–Trinajstić information content (AvgIpc) is 3.24. The van der Waals surface area contributed by atoms with Crippen molar-refractivity contribution in [2.45, 2.75) is 6.54 Å². The minimum Gasteiger partial charge on any atom is -0.479 e. The van der Waals surface area contributed by atoms with Gasteiger partial charge >= 0.3 is 0 Å². The molecule has 0 aliphatic carbocycles. The third kappa shape index (κ3) is 5.05. The van der Waals surface area contributed by atoms with Crippen LogP contribution in [0.1, 0.15) is 11.1 Å². The minimum absolute atomic E-state index is 0.0124. The van der Waals surface area contributed by atoms with E-state index in [-0.39, 0.29) is 24.9 Å². The van der Waals surface area contributed by atoms with Crippen LogP contribution in [-0.4, -0.2) is 22.1 Å². The van der Waals surface area contributed by atoms with E-state index in [1.165, 1.54) is 18.5 Å². The Balaban J connectivity index is 1.53. The predicted octanol–water partition coefficient (Wildman–Crippen LogP) is 3.24. The van der Waals surface area contributed by atoms with Gasteiger partial charge < -0.3 is 14.6 Å². The summed E-state index contributed by atoms with van der Waals surface area (Å²) in [5, 5.41) is 11.2. The van der Waals surface area contributed by atoms with E-state index >= 15 is 0 Å². The number of carbonyl (C=O) groups is 1. The molecule has 1 N–H and O–H groups in total. The summed E-state index contributed by atoms with van der Waals surface area (Å²) in [5.74, 6) is -0.0905. The molecule has 1 aromatic heterocycles. The lowest BCUT2D eigenvalue weighted by atomic mass is 10.2. The zero-order valence-electron chi connectivity index (χ0n) is 14.9. The first-order valence-corrected chi connectivity index (χ1v) is 8.48. The van der Waals surface area contributed by atoms with Gasteiger partial charge in [0.25, 0.3) is 0 Å². The molecule has 6 nitrogen and oxygen atoms in total. The largest absolute Gasteiger partial charge is 0.479 e. The summed E-state index contributed by atoms with van der Waals surface area (Å²) in [6.07, 6.45) is 7.82. The Morgan fingerprint density at radius 2 is 2.11 bits per heavy atom. The Kier molecular flexibility index (Phi) is 6.16. The van der Waals surface area contributed by atoms with Gasteiger partial charge in [-0.3, -0.25) is 4.79 Å². The quantitative estimate of drug-likeness (QED) is 0.642. The Labute approximate surface area is 161 Å². The van der Waals surface area contributed by atoms with Crippen LogP contribution in [0.5, 0.6) is 5.75 Å². The molecular formula is C21H17FN4O2. The van der Waals surface area contributed by atoms with Gasteiger partial charge in [-0.2, -0.15) is 5.26 Å². The second kappa shape index (κ2) is 9.14. The number of benzene rings is 2. The van der Waals surface area contributed by atoms with Gasteiger partial charge in [0, 0.05) is 25.0 Å². The number of rotatable bonds is 7. The van der Waals surface area contributed by atoms with Crippen LogP contribution in [-0.2, 0) is 11.3 Å². The van der Waals surface area contributed by atoms with Crippen molar-refractivity contribution in [1.29, 1.82) is 5.26 Å². The van der Waals surface area contributed by atoms with Crippen molar-refractivity contribution in [1.82, 2.24) is 14.9 Å². The lowest BCUT2D eigenvalue weighted by Crippen LogP contribution is -2.20. The summed E-state index contributed by atoms with van der Waals surface area (Å²) in [4.78, 5) is 15.9. The summed E-state index contributed by atoms with van der Waals surface area (Å²) in [7, 11) is 0. The van der Waals surface area contributed by atoms with Crippen molar-refractivity contribution in [3.8, 4) is 17.5 Å².